The lowest BCUT2D eigenvalue weighted by molar-refractivity contribution is -0.137. The van der Waals surface area contributed by atoms with E-state index >= 15 is 0 Å². The van der Waals surface area contributed by atoms with Crippen LogP contribution in [0.5, 0.6) is 0 Å². The molecule has 5 nitrogen and oxygen atoms in total. The first-order valence-electron chi connectivity index (χ1n) is 7.55. The van der Waals surface area contributed by atoms with Crippen LogP contribution in [0.4, 0.5) is 13.2 Å². The van der Waals surface area contributed by atoms with Gasteiger partial charge in [0.05, 0.1) is 18.2 Å². The molecule has 134 valence electrons. The van der Waals surface area contributed by atoms with Crippen LogP contribution >= 0.6 is 0 Å². The minimum atomic E-state index is -4.47. The standard InChI is InChI=1S/C16H21F3N2O3/c1-3-10(2)13(22)8-20-14(23)9-21-15(24)11-4-6-12(7-5-11)16(17,18)19/h4-7,10,13,22H,3,8-9H2,1-2H3,(H,20,23)(H,21,24). The predicted octanol–water partition coefficient (Wildman–Crippen LogP) is 1.96. The summed E-state index contributed by atoms with van der Waals surface area (Å²) in [6.45, 7) is 3.51. The lowest BCUT2D eigenvalue weighted by Gasteiger charge is -2.17. The molecule has 0 radical (unpaired) electrons. The normalized spacial score (nSPS) is 13.9. The average Bonchev–Trinajstić information content (AvgIpc) is 2.55. The van der Waals surface area contributed by atoms with E-state index < -0.39 is 29.7 Å². The molecular formula is C16H21F3N2O3. The Labute approximate surface area is 138 Å². The first kappa shape index (κ1) is 20.0. The Balaban J connectivity index is 2.44. The van der Waals surface area contributed by atoms with E-state index in [0.29, 0.717) is 0 Å². The number of nitrogens with one attached hydrogen (secondary N) is 2. The minimum Gasteiger partial charge on any atom is -0.391 e. The molecule has 1 rings (SSSR count). The number of aliphatic hydroxyl groups excluding tert-OH is 1. The Bertz CT molecular complexity index is 559. The summed E-state index contributed by atoms with van der Waals surface area (Å²) < 4.78 is 37.3. The molecule has 0 saturated carbocycles. The zero-order chi connectivity index (χ0) is 18.3. The van der Waals surface area contributed by atoms with Gasteiger partial charge >= 0.3 is 6.18 Å². The molecule has 0 aliphatic rings. The fourth-order valence-corrected chi connectivity index (χ4v) is 1.83. The van der Waals surface area contributed by atoms with Gasteiger partial charge in [-0.15, -0.1) is 0 Å². The van der Waals surface area contributed by atoms with Gasteiger partial charge in [0.2, 0.25) is 5.91 Å². The molecule has 0 heterocycles. The van der Waals surface area contributed by atoms with Gasteiger partial charge in [-0.3, -0.25) is 9.59 Å². The van der Waals surface area contributed by atoms with Crippen molar-refractivity contribution in [2.24, 2.45) is 5.92 Å². The molecule has 24 heavy (non-hydrogen) atoms. The first-order chi connectivity index (χ1) is 11.1. The zero-order valence-corrected chi connectivity index (χ0v) is 13.5. The number of aliphatic hydroxyl groups is 1. The van der Waals surface area contributed by atoms with E-state index in [9.17, 15) is 27.9 Å². The zero-order valence-electron chi connectivity index (χ0n) is 13.5. The first-order valence-corrected chi connectivity index (χ1v) is 7.55. The maximum atomic E-state index is 12.4. The molecule has 3 N–H and O–H groups in total. The van der Waals surface area contributed by atoms with Crippen molar-refractivity contribution >= 4 is 11.8 Å². The molecule has 0 aromatic heterocycles. The molecule has 0 bridgehead atoms. The lowest BCUT2D eigenvalue weighted by atomic mass is 10.0. The second-order valence-electron chi connectivity index (χ2n) is 5.51. The summed E-state index contributed by atoms with van der Waals surface area (Å²) in [6.07, 6.45) is -4.38. The Hall–Kier alpha value is -2.09. The number of benzene rings is 1. The number of hydrogen-bond donors (Lipinski definition) is 3. The number of carbonyl (C=O) groups is 2. The fourth-order valence-electron chi connectivity index (χ4n) is 1.83. The molecule has 2 amide bonds. The molecule has 1 aromatic carbocycles. The molecule has 0 saturated heterocycles. The number of carbonyl (C=O) groups excluding carboxylic acids is 2. The number of rotatable bonds is 7. The third-order valence-corrected chi connectivity index (χ3v) is 3.69. The van der Waals surface area contributed by atoms with Crippen molar-refractivity contribution in [2.75, 3.05) is 13.1 Å². The Morgan fingerprint density at radius 1 is 1.17 bits per heavy atom. The molecule has 0 spiro atoms. The van der Waals surface area contributed by atoms with Gasteiger partial charge in [-0.1, -0.05) is 20.3 Å². The van der Waals surface area contributed by atoms with Crippen molar-refractivity contribution in [1.82, 2.24) is 10.6 Å². The Kier molecular flexibility index (Phi) is 7.21. The maximum absolute atomic E-state index is 12.4. The van der Waals surface area contributed by atoms with Crippen LogP contribution in [0.25, 0.3) is 0 Å². The van der Waals surface area contributed by atoms with E-state index in [1.807, 2.05) is 13.8 Å². The molecule has 0 fully saturated rings. The second-order valence-corrected chi connectivity index (χ2v) is 5.51. The van der Waals surface area contributed by atoms with Crippen molar-refractivity contribution < 1.29 is 27.9 Å². The topological polar surface area (TPSA) is 78.4 Å². The summed E-state index contributed by atoms with van der Waals surface area (Å²) in [5.41, 5.74) is -0.828. The molecular weight excluding hydrogens is 325 g/mol. The highest BCUT2D eigenvalue weighted by Crippen LogP contribution is 2.29. The SMILES string of the molecule is CCC(C)C(O)CNC(=O)CNC(=O)c1ccc(C(F)(F)F)cc1. The van der Waals surface area contributed by atoms with Crippen molar-refractivity contribution in [1.29, 1.82) is 0 Å². The number of amides is 2. The van der Waals surface area contributed by atoms with Crippen molar-refractivity contribution in [3.8, 4) is 0 Å². The van der Waals surface area contributed by atoms with Crippen LogP contribution in [0, 0.1) is 5.92 Å². The van der Waals surface area contributed by atoms with Crippen LogP contribution in [0.2, 0.25) is 0 Å². The van der Waals surface area contributed by atoms with Gasteiger partial charge in [0.1, 0.15) is 0 Å². The quantitative estimate of drug-likeness (QED) is 0.706. The maximum Gasteiger partial charge on any atom is 0.416 e. The minimum absolute atomic E-state index is 0.0236. The van der Waals surface area contributed by atoms with E-state index in [1.165, 1.54) is 0 Å². The van der Waals surface area contributed by atoms with Crippen LogP contribution in [-0.4, -0.2) is 36.1 Å². The second kappa shape index (κ2) is 8.68. The van der Waals surface area contributed by atoms with Crippen molar-refractivity contribution in [2.45, 2.75) is 32.5 Å². The van der Waals surface area contributed by atoms with Crippen LogP contribution in [0.1, 0.15) is 36.2 Å². The van der Waals surface area contributed by atoms with Crippen LogP contribution < -0.4 is 10.6 Å². The van der Waals surface area contributed by atoms with Gasteiger partial charge in [0.25, 0.3) is 5.91 Å². The molecule has 1 aromatic rings. The highest BCUT2D eigenvalue weighted by Gasteiger charge is 2.30. The van der Waals surface area contributed by atoms with E-state index in [2.05, 4.69) is 10.6 Å². The van der Waals surface area contributed by atoms with Gasteiger partial charge in [0, 0.05) is 12.1 Å². The fraction of sp³-hybridized carbons (Fsp3) is 0.500. The summed E-state index contributed by atoms with van der Waals surface area (Å²) in [6, 6.07) is 3.69. The summed E-state index contributed by atoms with van der Waals surface area (Å²) in [5.74, 6) is -1.11. The van der Waals surface area contributed by atoms with Gasteiger partial charge in [-0.05, 0) is 30.2 Å². The average molecular weight is 346 g/mol. The smallest absolute Gasteiger partial charge is 0.391 e. The van der Waals surface area contributed by atoms with Crippen molar-refractivity contribution in [3.05, 3.63) is 35.4 Å². The lowest BCUT2D eigenvalue weighted by Crippen LogP contribution is -2.41. The van der Waals surface area contributed by atoms with Gasteiger partial charge < -0.3 is 15.7 Å². The van der Waals surface area contributed by atoms with Crippen LogP contribution in [0.15, 0.2) is 24.3 Å². The van der Waals surface area contributed by atoms with Crippen molar-refractivity contribution in [3.63, 3.8) is 0 Å². The molecule has 2 atom stereocenters. The van der Waals surface area contributed by atoms with Gasteiger partial charge in [0.15, 0.2) is 0 Å². The van der Waals surface area contributed by atoms with E-state index in [-0.39, 0.29) is 24.6 Å². The molecule has 0 aliphatic heterocycles. The number of halogens is 3. The van der Waals surface area contributed by atoms with E-state index in [1.54, 1.807) is 0 Å². The Morgan fingerprint density at radius 3 is 2.25 bits per heavy atom. The van der Waals surface area contributed by atoms with Gasteiger partial charge in [-0.25, -0.2) is 0 Å². The predicted molar refractivity (Wildman–Crippen MR) is 82.2 cm³/mol. The molecule has 2 unspecified atom stereocenters. The highest BCUT2D eigenvalue weighted by atomic mass is 19.4. The summed E-state index contributed by atoms with van der Waals surface area (Å²) in [4.78, 5) is 23.4. The molecule has 0 aliphatic carbocycles. The Morgan fingerprint density at radius 2 is 1.75 bits per heavy atom. The molecule has 8 heteroatoms. The third-order valence-electron chi connectivity index (χ3n) is 3.69. The van der Waals surface area contributed by atoms with E-state index in [0.717, 1.165) is 30.7 Å². The third kappa shape index (κ3) is 6.19. The summed E-state index contributed by atoms with van der Waals surface area (Å²) in [7, 11) is 0. The summed E-state index contributed by atoms with van der Waals surface area (Å²) >= 11 is 0. The monoisotopic (exact) mass is 346 g/mol. The van der Waals surface area contributed by atoms with Crippen LogP contribution in [0.3, 0.4) is 0 Å². The number of alkyl halides is 3. The largest absolute Gasteiger partial charge is 0.416 e. The number of hydrogen-bond acceptors (Lipinski definition) is 3. The van der Waals surface area contributed by atoms with Gasteiger partial charge in [-0.2, -0.15) is 13.2 Å². The highest BCUT2D eigenvalue weighted by molar-refractivity contribution is 5.96. The van der Waals surface area contributed by atoms with E-state index in [4.69, 9.17) is 0 Å². The van der Waals surface area contributed by atoms with Crippen LogP contribution in [-0.2, 0) is 11.0 Å². The summed E-state index contributed by atoms with van der Waals surface area (Å²) in [5, 5.41) is 14.5.